The number of halogens is 3. The summed E-state index contributed by atoms with van der Waals surface area (Å²) in [6, 6.07) is 8.92. The summed E-state index contributed by atoms with van der Waals surface area (Å²) < 4.78 is 40.3. The average molecular weight is 380 g/mol. The van der Waals surface area contributed by atoms with Gasteiger partial charge in [0.15, 0.2) is 5.69 Å². The maximum absolute atomic E-state index is 13.1. The van der Waals surface area contributed by atoms with Crippen LogP contribution >= 0.6 is 11.3 Å². The third kappa shape index (κ3) is 3.93. The smallest absolute Gasteiger partial charge is 0.346 e. The van der Waals surface area contributed by atoms with Crippen LogP contribution < -0.4 is 5.32 Å². The van der Waals surface area contributed by atoms with Crippen molar-refractivity contribution in [2.45, 2.75) is 26.1 Å². The Bertz CT molecular complexity index is 917. The van der Waals surface area contributed by atoms with E-state index in [1.807, 2.05) is 19.1 Å². The van der Waals surface area contributed by atoms with Crippen LogP contribution in [0.15, 0.2) is 42.6 Å². The molecular formula is C17H15F3N4OS. The molecular weight excluding hydrogens is 365 g/mol. The summed E-state index contributed by atoms with van der Waals surface area (Å²) >= 11 is 1.60. The van der Waals surface area contributed by atoms with Gasteiger partial charge in [-0.2, -0.15) is 13.2 Å². The number of thiophene rings is 1. The van der Waals surface area contributed by atoms with E-state index in [4.69, 9.17) is 0 Å². The van der Waals surface area contributed by atoms with E-state index in [9.17, 15) is 18.0 Å². The standard InChI is InChI=1S/C17H15F3N4OS/c1-2-11-7-8-12(26-11)9-21-16(25)14-10-24(23-22-14)15-6-4-3-5-13(15)17(18,19)20/h3-8,10H,2,9H2,1H3,(H,21,25). The van der Waals surface area contributed by atoms with Gasteiger partial charge in [-0.25, -0.2) is 4.68 Å². The third-order valence-electron chi connectivity index (χ3n) is 3.67. The number of aryl methyl sites for hydroxylation is 1. The molecule has 1 amide bonds. The molecule has 3 aromatic rings. The number of rotatable bonds is 5. The van der Waals surface area contributed by atoms with Gasteiger partial charge in [-0.15, -0.1) is 16.4 Å². The topological polar surface area (TPSA) is 59.8 Å². The molecule has 5 nitrogen and oxygen atoms in total. The first kappa shape index (κ1) is 18.1. The molecule has 3 rings (SSSR count). The highest BCUT2D eigenvalue weighted by Gasteiger charge is 2.34. The largest absolute Gasteiger partial charge is 0.418 e. The lowest BCUT2D eigenvalue weighted by Crippen LogP contribution is -2.22. The molecule has 0 atom stereocenters. The van der Waals surface area contributed by atoms with Crippen molar-refractivity contribution in [2.75, 3.05) is 0 Å². The molecule has 0 spiro atoms. The third-order valence-corrected chi connectivity index (χ3v) is 4.90. The van der Waals surface area contributed by atoms with E-state index < -0.39 is 17.6 Å². The SMILES string of the molecule is CCc1ccc(CNC(=O)c2cn(-c3ccccc3C(F)(F)F)nn2)s1. The molecule has 0 unspecified atom stereocenters. The summed E-state index contributed by atoms with van der Waals surface area (Å²) in [5, 5.41) is 10.0. The summed E-state index contributed by atoms with van der Waals surface area (Å²) in [4.78, 5) is 14.4. The van der Waals surface area contributed by atoms with Gasteiger partial charge in [0.25, 0.3) is 5.91 Å². The fraction of sp³-hybridized carbons (Fsp3) is 0.235. The molecule has 0 radical (unpaired) electrons. The number of carbonyl (C=O) groups is 1. The quantitative estimate of drug-likeness (QED) is 0.732. The zero-order valence-electron chi connectivity index (χ0n) is 13.7. The number of carbonyl (C=O) groups excluding carboxylic acids is 1. The molecule has 0 saturated carbocycles. The number of nitrogens with one attached hydrogen (secondary N) is 1. The zero-order valence-corrected chi connectivity index (χ0v) is 14.6. The van der Waals surface area contributed by atoms with Crippen molar-refractivity contribution in [3.63, 3.8) is 0 Å². The minimum absolute atomic E-state index is 0.0470. The van der Waals surface area contributed by atoms with Gasteiger partial charge in [-0.05, 0) is 30.7 Å². The lowest BCUT2D eigenvalue weighted by Gasteiger charge is -2.11. The number of para-hydroxylation sites is 1. The number of hydrogen-bond acceptors (Lipinski definition) is 4. The summed E-state index contributed by atoms with van der Waals surface area (Å²) in [6.07, 6.45) is -2.42. The first-order valence-electron chi connectivity index (χ1n) is 7.83. The Labute approximate surface area is 151 Å². The van der Waals surface area contributed by atoms with Crippen LogP contribution in [-0.2, 0) is 19.1 Å². The van der Waals surface area contributed by atoms with E-state index in [2.05, 4.69) is 15.6 Å². The number of benzene rings is 1. The van der Waals surface area contributed by atoms with Crippen molar-refractivity contribution in [1.29, 1.82) is 0 Å². The molecule has 0 fully saturated rings. The summed E-state index contributed by atoms with van der Waals surface area (Å²) in [5.74, 6) is -0.493. The second kappa shape index (κ2) is 7.28. The first-order chi connectivity index (χ1) is 12.4. The Morgan fingerprint density at radius 2 is 1.92 bits per heavy atom. The minimum Gasteiger partial charge on any atom is -0.346 e. The summed E-state index contributed by atoms with van der Waals surface area (Å²) in [7, 11) is 0. The van der Waals surface area contributed by atoms with Crippen LogP contribution in [0.1, 0.15) is 32.7 Å². The normalized spacial score (nSPS) is 11.5. The second-order valence-electron chi connectivity index (χ2n) is 5.47. The lowest BCUT2D eigenvalue weighted by atomic mass is 10.1. The van der Waals surface area contributed by atoms with E-state index in [0.717, 1.165) is 22.0 Å². The lowest BCUT2D eigenvalue weighted by molar-refractivity contribution is -0.137. The van der Waals surface area contributed by atoms with Crippen molar-refractivity contribution < 1.29 is 18.0 Å². The molecule has 0 aliphatic carbocycles. The highest BCUT2D eigenvalue weighted by atomic mass is 32.1. The second-order valence-corrected chi connectivity index (χ2v) is 6.72. The Morgan fingerprint density at radius 1 is 1.19 bits per heavy atom. The van der Waals surface area contributed by atoms with E-state index in [0.29, 0.717) is 6.54 Å². The van der Waals surface area contributed by atoms with Gasteiger partial charge in [0, 0.05) is 9.75 Å². The Kier molecular flexibility index (Phi) is 5.08. The van der Waals surface area contributed by atoms with Crippen LogP contribution in [0, 0.1) is 0 Å². The molecule has 0 saturated heterocycles. The van der Waals surface area contributed by atoms with Gasteiger partial charge in [0.05, 0.1) is 24.0 Å². The Balaban J connectivity index is 1.75. The van der Waals surface area contributed by atoms with Crippen LogP contribution in [-0.4, -0.2) is 20.9 Å². The Hall–Kier alpha value is -2.68. The minimum atomic E-state index is -4.53. The monoisotopic (exact) mass is 380 g/mol. The van der Waals surface area contributed by atoms with Crippen LogP contribution in [0.2, 0.25) is 0 Å². The van der Waals surface area contributed by atoms with Crippen molar-refractivity contribution in [1.82, 2.24) is 20.3 Å². The molecule has 9 heteroatoms. The molecule has 0 aliphatic rings. The van der Waals surface area contributed by atoms with Crippen molar-refractivity contribution >= 4 is 17.2 Å². The number of amides is 1. The van der Waals surface area contributed by atoms with Crippen LogP contribution in [0.25, 0.3) is 5.69 Å². The maximum Gasteiger partial charge on any atom is 0.418 e. The van der Waals surface area contributed by atoms with E-state index in [1.165, 1.54) is 29.3 Å². The van der Waals surface area contributed by atoms with Crippen LogP contribution in [0.3, 0.4) is 0 Å². The van der Waals surface area contributed by atoms with E-state index in [1.54, 1.807) is 11.3 Å². The average Bonchev–Trinajstić information content (AvgIpc) is 3.28. The van der Waals surface area contributed by atoms with Gasteiger partial charge < -0.3 is 5.32 Å². The van der Waals surface area contributed by atoms with Crippen molar-refractivity contribution in [3.05, 3.63) is 63.6 Å². The fourth-order valence-corrected chi connectivity index (χ4v) is 3.26. The van der Waals surface area contributed by atoms with E-state index in [-0.39, 0.29) is 11.4 Å². The molecule has 2 heterocycles. The number of nitrogens with zero attached hydrogens (tertiary/aromatic N) is 3. The molecule has 26 heavy (non-hydrogen) atoms. The van der Waals surface area contributed by atoms with Gasteiger partial charge in [-0.3, -0.25) is 4.79 Å². The Morgan fingerprint density at radius 3 is 2.62 bits per heavy atom. The highest BCUT2D eigenvalue weighted by molar-refractivity contribution is 7.11. The molecule has 2 aromatic heterocycles. The van der Waals surface area contributed by atoms with Gasteiger partial charge in [0.2, 0.25) is 0 Å². The fourth-order valence-electron chi connectivity index (χ4n) is 2.36. The predicted molar refractivity (Wildman–Crippen MR) is 91.2 cm³/mol. The van der Waals surface area contributed by atoms with Crippen molar-refractivity contribution in [3.8, 4) is 5.69 Å². The molecule has 136 valence electrons. The maximum atomic E-state index is 13.1. The zero-order chi connectivity index (χ0) is 18.7. The molecule has 1 aromatic carbocycles. The predicted octanol–water partition coefficient (Wildman–Crippen LogP) is 3.84. The van der Waals surface area contributed by atoms with Crippen molar-refractivity contribution in [2.24, 2.45) is 0 Å². The first-order valence-corrected chi connectivity index (χ1v) is 8.65. The van der Waals surface area contributed by atoms with Gasteiger partial charge in [-0.1, -0.05) is 24.3 Å². The number of alkyl halides is 3. The van der Waals surface area contributed by atoms with E-state index >= 15 is 0 Å². The molecule has 1 N–H and O–H groups in total. The van der Waals surface area contributed by atoms with Crippen LogP contribution in [0.4, 0.5) is 13.2 Å². The highest BCUT2D eigenvalue weighted by Crippen LogP contribution is 2.33. The number of hydrogen-bond donors (Lipinski definition) is 1. The molecule has 0 bridgehead atoms. The summed E-state index contributed by atoms with van der Waals surface area (Å²) in [5.41, 5.74) is -1.07. The van der Waals surface area contributed by atoms with Gasteiger partial charge in [0.1, 0.15) is 0 Å². The summed E-state index contributed by atoms with van der Waals surface area (Å²) in [6.45, 7) is 2.38. The van der Waals surface area contributed by atoms with Crippen LogP contribution in [0.5, 0.6) is 0 Å². The van der Waals surface area contributed by atoms with Gasteiger partial charge >= 0.3 is 6.18 Å². The molecule has 0 aliphatic heterocycles. The number of aromatic nitrogens is 3.